The predicted molar refractivity (Wildman–Crippen MR) is 195 cm³/mol. The normalized spacial score (nSPS) is 18.8. The first-order valence-corrected chi connectivity index (χ1v) is 16.5. The van der Waals surface area contributed by atoms with Gasteiger partial charge in [-0.05, 0) is 100 Å². The Kier molecular flexibility index (Phi) is 6.27. The number of nitrogens with one attached hydrogen (secondary N) is 1. The van der Waals surface area contributed by atoms with Gasteiger partial charge < -0.3 is 9.88 Å². The maximum Gasteiger partial charge on any atom is 0.111 e. The van der Waals surface area contributed by atoms with Crippen molar-refractivity contribution in [1.29, 1.82) is 0 Å². The Hall–Kier alpha value is -5.72. The van der Waals surface area contributed by atoms with Crippen molar-refractivity contribution in [3.05, 3.63) is 175 Å². The summed E-state index contributed by atoms with van der Waals surface area (Å²) < 4.78 is 2.32. The van der Waals surface area contributed by atoms with Gasteiger partial charge in [-0.15, -0.1) is 0 Å². The molecule has 2 unspecified atom stereocenters. The first-order chi connectivity index (χ1) is 23.1. The van der Waals surface area contributed by atoms with Gasteiger partial charge in [0.15, 0.2) is 0 Å². The lowest BCUT2D eigenvalue weighted by Crippen LogP contribution is -2.30. The molecule has 1 N–H and O–H groups in total. The van der Waals surface area contributed by atoms with E-state index in [1.807, 2.05) is 6.07 Å². The standard InChI is InChI=1S/C44H35N3/c1-44(2)39-16-8-6-14-35(39)36-25-24-34(29-40(36)44)46(43-18-10-11-27-45-43)33-22-19-30(20-23-33)31-21-26-42-38(28-31)37-15-7-9-17-41(37)47(42)32-12-4-3-5-13-32/h3-6,8-14,16-26,28-29,35,39,45H,27H2,1-2H3. The molecule has 2 atom stereocenters. The summed E-state index contributed by atoms with van der Waals surface area (Å²) in [6, 6.07) is 44.1. The van der Waals surface area contributed by atoms with Crippen LogP contribution in [0.15, 0.2) is 151 Å². The lowest BCUT2D eigenvalue weighted by Gasteiger charge is -2.32. The molecule has 3 nitrogen and oxygen atoms in total. The monoisotopic (exact) mass is 605 g/mol. The molecule has 0 radical (unpaired) electrons. The predicted octanol–water partition coefficient (Wildman–Crippen LogP) is 10.3. The van der Waals surface area contributed by atoms with Gasteiger partial charge in [0, 0.05) is 34.9 Å². The van der Waals surface area contributed by atoms with Gasteiger partial charge in [-0.3, -0.25) is 4.90 Å². The smallest absolute Gasteiger partial charge is 0.111 e. The maximum absolute atomic E-state index is 3.62. The van der Waals surface area contributed by atoms with Gasteiger partial charge in [-0.2, -0.15) is 0 Å². The second-order valence-electron chi connectivity index (χ2n) is 13.3. The number of anilines is 2. The number of para-hydroxylation sites is 1. The van der Waals surface area contributed by atoms with Crippen molar-refractivity contribution in [2.45, 2.75) is 25.2 Å². The molecule has 9 rings (SSSR count). The van der Waals surface area contributed by atoms with E-state index in [-0.39, 0.29) is 5.41 Å². The molecule has 1 aliphatic heterocycles. The summed E-state index contributed by atoms with van der Waals surface area (Å²) >= 11 is 0. The van der Waals surface area contributed by atoms with Gasteiger partial charge in [0.2, 0.25) is 0 Å². The molecule has 1 aromatic heterocycles. The number of hydrogen-bond donors (Lipinski definition) is 1. The molecule has 0 saturated carbocycles. The number of benzene rings is 4. The lowest BCUT2D eigenvalue weighted by atomic mass is 9.74. The highest BCUT2D eigenvalue weighted by Crippen LogP contribution is 2.54. The highest BCUT2D eigenvalue weighted by Gasteiger charge is 2.44. The van der Waals surface area contributed by atoms with E-state index in [2.05, 4.69) is 180 Å². The lowest BCUT2D eigenvalue weighted by molar-refractivity contribution is 0.394. The Labute approximate surface area is 276 Å². The van der Waals surface area contributed by atoms with Crippen molar-refractivity contribution in [1.82, 2.24) is 9.88 Å². The van der Waals surface area contributed by atoms with Gasteiger partial charge in [0.25, 0.3) is 0 Å². The minimum atomic E-state index is 0.0541. The fourth-order valence-electron chi connectivity index (χ4n) is 8.01. The van der Waals surface area contributed by atoms with Crippen LogP contribution in [0.3, 0.4) is 0 Å². The summed E-state index contributed by atoms with van der Waals surface area (Å²) in [7, 11) is 0. The summed E-state index contributed by atoms with van der Waals surface area (Å²) in [5, 5.41) is 5.89. The second kappa shape index (κ2) is 10.7. The second-order valence-corrected chi connectivity index (χ2v) is 13.3. The van der Waals surface area contributed by atoms with E-state index in [0.717, 1.165) is 34.6 Å². The van der Waals surface area contributed by atoms with Crippen LogP contribution in [0.25, 0.3) is 38.6 Å². The fraction of sp³-hybridized carbons (Fsp3) is 0.136. The Morgan fingerprint density at radius 2 is 1.60 bits per heavy atom. The highest BCUT2D eigenvalue weighted by molar-refractivity contribution is 6.09. The van der Waals surface area contributed by atoms with Gasteiger partial charge in [0.1, 0.15) is 5.82 Å². The average Bonchev–Trinajstić information content (AvgIpc) is 3.58. The van der Waals surface area contributed by atoms with Gasteiger partial charge >= 0.3 is 0 Å². The molecule has 226 valence electrons. The van der Waals surface area contributed by atoms with Crippen LogP contribution >= 0.6 is 0 Å². The molecule has 2 heterocycles. The van der Waals surface area contributed by atoms with E-state index in [1.165, 1.54) is 38.8 Å². The van der Waals surface area contributed by atoms with E-state index in [9.17, 15) is 0 Å². The van der Waals surface area contributed by atoms with Crippen LogP contribution in [0, 0.1) is 18.1 Å². The van der Waals surface area contributed by atoms with E-state index in [4.69, 9.17) is 0 Å². The van der Waals surface area contributed by atoms with Crippen molar-refractivity contribution in [2.24, 2.45) is 5.92 Å². The summed E-state index contributed by atoms with van der Waals surface area (Å²) in [5.41, 5.74) is 11.1. The van der Waals surface area contributed by atoms with Crippen molar-refractivity contribution in [3.63, 3.8) is 0 Å². The van der Waals surface area contributed by atoms with Crippen molar-refractivity contribution in [2.75, 3.05) is 11.4 Å². The summed E-state index contributed by atoms with van der Waals surface area (Å²) in [6.07, 6.45) is 15.6. The quantitative estimate of drug-likeness (QED) is 0.211. The van der Waals surface area contributed by atoms with Crippen LogP contribution in [0.1, 0.15) is 30.9 Å². The fourth-order valence-corrected chi connectivity index (χ4v) is 8.01. The number of hydrogen-bond acceptors (Lipinski definition) is 2. The number of aromatic nitrogens is 1. The number of dihydropyridines is 1. The summed E-state index contributed by atoms with van der Waals surface area (Å²) in [6.45, 7) is 5.60. The molecule has 3 heteroatoms. The van der Waals surface area contributed by atoms with Crippen molar-refractivity contribution < 1.29 is 0 Å². The Morgan fingerprint density at radius 3 is 2.43 bits per heavy atom. The summed E-state index contributed by atoms with van der Waals surface area (Å²) in [5.74, 6) is 2.00. The first-order valence-electron chi connectivity index (χ1n) is 16.5. The number of rotatable bonds is 5. The van der Waals surface area contributed by atoms with Crippen LogP contribution in [0.5, 0.6) is 0 Å². The molecular formula is C44H35N3. The van der Waals surface area contributed by atoms with Crippen LogP contribution in [0.4, 0.5) is 11.4 Å². The zero-order chi connectivity index (χ0) is 31.5. The topological polar surface area (TPSA) is 20.2 Å². The van der Waals surface area contributed by atoms with Gasteiger partial charge in [-0.1, -0.05) is 105 Å². The zero-order valence-electron chi connectivity index (χ0n) is 26.6. The molecule has 2 aliphatic carbocycles. The van der Waals surface area contributed by atoms with Crippen molar-refractivity contribution in [3.8, 4) is 16.8 Å². The molecular weight excluding hydrogens is 571 g/mol. The van der Waals surface area contributed by atoms with Crippen LogP contribution in [-0.4, -0.2) is 11.1 Å². The number of fused-ring (bicyclic) bond motifs is 6. The molecule has 0 spiro atoms. The molecule has 5 aromatic carbocycles. The largest absolute Gasteiger partial charge is 0.368 e. The zero-order valence-corrected chi connectivity index (χ0v) is 26.6. The third kappa shape index (κ3) is 4.37. The molecule has 0 bridgehead atoms. The van der Waals surface area contributed by atoms with E-state index in [0.29, 0.717) is 11.8 Å². The van der Waals surface area contributed by atoms with Crippen LogP contribution in [0.2, 0.25) is 0 Å². The van der Waals surface area contributed by atoms with Gasteiger partial charge in [-0.25, -0.2) is 0 Å². The third-order valence-corrected chi connectivity index (χ3v) is 10.3. The third-order valence-electron chi connectivity index (χ3n) is 10.3. The molecule has 6 aromatic rings. The number of nitrogens with zero attached hydrogens (tertiary/aromatic N) is 2. The molecule has 0 amide bonds. The van der Waals surface area contributed by atoms with Crippen molar-refractivity contribution >= 4 is 33.2 Å². The Morgan fingerprint density at radius 1 is 0.787 bits per heavy atom. The van der Waals surface area contributed by atoms with Gasteiger partial charge in [0.05, 0.1) is 16.4 Å². The minimum absolute atomic E-state index is 0.0541. The molecule has 0 fully saturated rings. The SMILES string of the molecule is CC1(C)c2cc(N(C3=CC=CCN3)c3ccc(-c4ccc5c(c4)c4c#cccc4n5-c4ccccc4)cc3)ccc2C2C=CC=CC21. The number of allylic oxidation sites excluding steroid dienone is 6. The first kappa shape index (κ1) is 27.6. The maximum atomic E-state index is 3.62. The van der Waals surface area contributed by atoms with E-state index in [1.54, 1.807) is 0 Å². The molecule has 47 heavy (non-hydrogen) atoms. The van der Waals surface area contributed by atoms with Crippen LogP contribution < -0.4 is 10.2 Å². The van der Waals surface area contributed by atoms with E-state index >= 15 is 0 Å². The molecule has 0 saturated heterocycles. The molecule has 3 aliphatic rings. The summed E-state index contributed by atoms with van der Waals surface area (Å²) in [4.78, 5) is 2.36. The Balaban J connectivity index is 1.12. The Bertz CT molecular complexity index is 2280. The van der Waals surface area contributed by atoms with Crippen LogP contribution in [-0.2, 0) is 5.41 Å². The minimum Gasteiger partial charge on any atom is -0.368 e. The highest BCUT2D eigenvalue weighted by atomic mass is 15.2. The van der Waals surface area contributed by atoms with E-state index < -0.39 is 0 Å². The average molecular weight is 606 g/mol.